The minimum absolute atomic E-state index is 0.00825. The third-order valence-corrected chi connectivity index (χ3v) is 11.1. The summed E-state index contributed by atoms with van der Waals surface area (Å²) in [5, 5.41) is 6.98. The van der Waals surface area contributed by atoms with E-state index in [-0.39, 0.29) is 46.8 Å². The molecule has 290 valence electrons. The first-order valence-corrected chi connectivity index (χ1v) is 18.5. The van der Waals surface area contributed by atoms with E-state index in [1.807, 2.05) is 36.4 Å². The van der Waals surface area contributed by atoms with Gasteiger partial charge < -0.3 is 24.3 Å². The fraction of sp³-hybridized carbons (Fsp3) is 0.359. The van der Waals surface area contributed by atoms with Gasteiger partial charge in [0.15, 0.2) is 17.3 Å². The molecule has 0 bridgehead atoms. The number of piperidine rings is 1. The molecule has 1 N–H and O–H groups in total. The van der Waals surface area contributed by atoms with Crippen LogP contribution in [0.1, 0.15) is 70.1 Å². The number of amides is 2. The fourth-order valence-electron chi connectivity index (χ4n) is 7.84. The SMILES string of the molecule is Cc1ncnc(C(=O)N2CCC3(CCc4c3c(=O)n3nc(C5=CCOCC5)nc3n4CC(=O)Nc3ccc(C(F)(F)F)cc3Cl)CC2)c1OCc1ccccc1. The molecule has 2 amide bonds. The highest BCUT2D eigenvalue weighted by Crippen LogP contribution is 2.45. The van der Waals surface area contributed by atoms with Crippen molar-refractivity contribution in [1.29, 1.82) is 0 Å². The summed E-state index contributed by atoms with van der Waals surface area (Å²) in [5.41, 5.74) is 1.68. The number of aromatic nitrogens is 6. The number of aryl methyl sites for hydroxylation is 1. The second-order valence-corrected chi connectivity index (χ2v) is 14.5. The molecule has 13 nitrogen and oxygen atoms in total. The van der Waals surface area contributed by atoms with E-state index in [0.29, 0.717) is 86.9 Å². The summed E-state index contributed by atoms with van der Waals surface area (Å²) in [5.74, 6) is -0.0639. The molecule has 56 heavy (non-hydrogen) atoms. The Morgan fingerprint density at radius 1 is 1.05 bits per heavy atom. The average Bonchev–Trinajstić information content (AvgIpc) is 3.81. The number of fused-ring (bicyclic) bond motifs is 3. The van der Waals surface area contributed by atoms with E-state index in [1.165, 1.54) is 10.8 Å². The molecule has 1 saturated heterocycles. The Balaban J connectivity index is 1.09. The van der Waals surface area contributed by atoms with Crippen LogP contribution in [0.3, 0.4) is 0 Å². The normalized spacial score (nSPS) is 16.5. The van der Waals surface area contributed by atoms with Crippen molar-refractivity contribution in [2.24, 2.45) is 0 Å². The predicted molar refractivity (Wildman–Crippen MR) is 198 cm³/mol. The van der Waals surface area contributed by atoms with Gasteiger partial charge in [-0.1, -0.05) is 48.0 Å². The van der Waals surface area contributed by atoms with Gasteiger partial charge in [-0.2, -0.15) is 22.7 Å². The zero-order valence-electron chi connectivity index (χ0n) is 30.2. The van der Waals surface area contributed by atoms with Gasteiger partial charge in [-0.05, 0) is 68.4 Å². The quantitative estimate of drug-likeness (QED) is 0.206. The number of ether oxygens (including phenoxy) is 2. The number of nitrogens with zero attached hydrogens (tertiary/aromatic N) is 7. The summed E-state index contributed by atoms with van der Waals surface area (Å²) in [7, 11) is 0. The summed E-state index contributed by atoms with van der Waals surface area (Å²) < 4.78 is 54.2. The van der Waals surface area contributed by atoms with Gasteiger partial charge in [-0.25, -0.2) is 9.97 Å². The van der Waals surface area contributed by atoms with E-state index in [2.05, 4.69) is 20.4 Å². The molecule has 2 aliphatic heterocycles. The number of rotatable bonds is 8. The van der Waals surface area contributed by atoms with Gasteiger partial charge in [0.05, 0.1) is 35.2 Å². The second-order valence-electron chi connectivity index (χ2n) is 14.1. The van der Waals surface area contributed by atoms with Gasteiger partial charge in [0.25, 0.3) is 11.5 Å². The molecule has 5 heterocycles. The highest BCUT2D eigenvalue weighted by Gasteiger charge is 2.47. The van der Waals surface area contributed by atoms with Crippen molar-refractivity contribution >= 4 is 40.5 Å². The Kier molecular flexibility index (Phi) is 9.87. The van der Waals surface area contributed by atoms with Gasteiger partial charge in [0.1, 0.15) is 19.5 Å². The molecule has 0 atom stereocenters. The van der Waals surface area contributed by atoms with Crippen LogP contribution in [0.2, 0.25) is 5.02 Å². The number of likely N-dealkylation sites (tertiary alicyclic amines) is 1. The molecule has 3 aromatic heterocycles. The largest absolute Gasteiger partial charge is 0.485 e. The molecule has 3 aliphatic rings. The molecule has 5 aromatic rings. The van der Waals surface area contributed by atoms with Crippen molar-refractivity contribution < 1.29 is 32.2 Å². The maximum absolute atomic E-state index is 14.5. The average molecular weight is 789 g/mol. The molecule has 1 fully saturated rings. The lowest BCUT2D eigenvalue weighted by Crippen LogP contribution is -2.47. The minimum atomic E-state index is -4.60. The number of carbonyl (C=O) groups excluding carboxylic acids is 2. The van der Waals surface area contributed by atoms with Gasteiger partial charge in [0.2, 0.25) is 11.7 Å². The summed E-state index contributed by atoms with van der Waals surface area (Å²) in [4.78, 5) is 57.1. The monoisotopic (exact) mass is 788 g/mol. The van der Waals surface area contributed by atoms with Crippen molar-refractivity contribution in [3.05, 3.63) is 116 Å². The second kappa shape index (κ2) is 14.8. The molecular formula is C39H36ClF3N8O5. The summed E-state index contributed by atoms with van der Waals surface area (Å²) in [6.07, 6.45) is 1.10. The van der Waals surface area contributed by atoms with Crippen molar-refractivity contribution in [3.63, 3.8) is 0 Å². The number of hydrogen-bond acceptors (Lipinski definition) is 9. The fourth-order valence-corrected chi connectivity index (χ4v) is 8.07. The Bertz CT molecular complexity index is 2440. The van der Waals surface area contributed by atoms with Crippen LogP contribution >= 0.6 is 11.6 Å². The first-order valence-electron chi connectivity index (χ1n) is 18.2. The molecule has 0 saturated carbocycles. The molecule has 8 rings (SSSR count). The van der Waals surface area contributed by atoms with Crippen LogP contribution in [-0.4, -0.2) is 72.2 Å². The standard InChI is InChI=1S/C39H36ClF3N8O5/c1-23-33(56-21-24-5-3-2-4-6-24)32(45-22-44-23)36(54)49-15-13-38(14-16-49)12-9-29-31(38)35(53)51-37(47-34(48-51)25-10-17-55-18-11-25)50(29)20-30(52)46-28-8-7-26(19-27(28)40)39(41,42)43/h2-8,10,19,22H,9,11-18,20-21H2,1H3,(H,46,52). The number of alkyl halides is 3. The number of nitrogens with one attached hydrogen (secondary N) is 1. The zero-order chi connectivity index (χ0) is 39.2. The van der Waals surface area contributed by atoms with E-state index in [1.54, 1.807) is 16.4 Å². The van der Waals surface area contributed by atoms with Crippen LogP contribution < -0.4 is 15.6 Å². The van der Waals surface area contributed by atoms with Crippen molar-refractivity contribution in [1.82, 2.24) is 34.0 Å². The molecule has 17 heteroatoms. The minimum Gasteiger partial charge on any atom is -0.485 e. The molecular weight excluding hydrogens is 753 g/mol. The molecule has 2 aromatic carbocycles. The summed E-state index contributed by atoms with van der Waals surface area (Å²) >= 11 is 6.16. The number of carbonyl (C=O) groups is 2. The van der Waals surface area contributed by atoms with Crippen LogP contribution in [0.15, 0.2) is 65.7 Å². The number of halogens is 4. The maximum atomic E-state index is 14.5. The third kappa shape index (κ3) is 7.02. The lowest BCUT2D eigenvalue weighted by atomic mass is 9.74. The molecule has 1 aliphatic carbocycles. The van der Waals surface area contributed by atoms with Crippen LogP contribution in [0.5, 0.6) is 5.75 Å². The van der Waals surface area contributed by atoms with Gasteiger partial charge in [-0.15, -0.1) is 5.10 Å². The van der Waals surface area contributed by atoms with Gasteiger partial charge in [0, 0.05) is 29.8 Å². The number of anilines is 1. The topological polar surface area (TPSA) is 146 Å². The zero-order valence-corrected chi connectivity index (χ0v) is 31.0. The van der Waals surface area contributed by atoms with E-state index >= 15 is 0 Å². The summed E-state index contributed by atoms with van der Waals surface area (Å²) in [6, 6.07) is 12.3. The van der Waals surface area contributed by atoms with E-state index < -0.39 is 23.1 Å². The Hall–Kier alpha value is -5.61. The van der Waals surface area contributed by atoms with Crippen LogP contribution in [0.25, 0.3) is 11.4 Å². The van der Waals surface area contributed by atoms with Crippen LogP contribution in [-0.2, 0) is 40.7 Å². The third-order valence-electron chi connectivity index (χ3n) is 10.8. The van der Waals surface area contributed by atoms with Crippen molar-refractivity contribution in [2.45, 2.75) is 63.8 Å². The van der Waals surface area contributed by atoms with Crippen LogP contribution in [0.4, 0.5) is 18.9 Å². The molecule has 1 spiro atoms. The molecule has 0 radical (unpaired) electrons. The summed E-state index contributed by atoms with van der Waals surface area (Å²) in [6.45, 7) is 3.18. The first-order chi connectivity index (χ1) is 26.9. The lowest BCUT2D eigenvalue weighted by Gasteiger charge is -2.39. The Morgan fingerprint density at radius 3 is 2.55 bits per heavy atom. The van der Waals surface area contributed by atoms with Gasteiger partial charge >= 0.3 is 6.18 Å². The number of benzene rings is 2. The highest BCUT2D eigenvalue weighted by atomic mass is 35.5. The Labute approximate surface area is 323 Å². The molecule has 0 unspecified atom stereocenters. The number of hydrogen-bond donors (Lipinski definition) is 1. The van der Waals surface area contributed by atoms with Crippen LogP contribution in [0, 0.1) is 6.92 Å². The smallest absolute Gasteiger partial charge is 0.416 e. The van der Waals surface area contributed by atoms with E-state index in [9.17, 15) is 27.6 Å². The first kappa shape index (κ1) is 37.3. The van der Waals surface area contributed by atoms with Gasteiger partial charge in [-0.3, -0.25) is 14.4 Å². The lowest BCUT2D eigenvalue weighted by molar-refractivity contribution is -0.137. The van der Waals surface area contributed by atoms with Crippen molar-refractivity contribution in [3.8, 4) is 5.75 Å². The van der Waals surface area contributed by atoms with Crippen molar-refractivity contribution in [2.75, 3.05) is 31.6 Å². The maximum Gasteiger partial charge on any atom is 0.416 e. The van der Waals surface area contributed by atoms with E-state index in [0.717, 1.165) is 29.3 Å². The predicted octanol–water partition coefficient (Wildman–Crippen LogP) is 5.80. The Morgan fingerprint density at radius 2 is 1.84 bits per heavy atom. The highest BCUT2D eigenvalue weighted by molar-refractivity contribution is 6.33. The van der Waals surface area contributed by atoms with E-state index in [4.69, 9.17) is 26.1 Å².